The minimum Gasteiger partial charge on any atom is -0.326 e. The third kappa shape index (κ3) is 3.05. The Morgan fingerprint density at radius 2 is 2.07 bits per heavy atom. The van der Waals surface area contributed by atoms with Gasteiger partial charge in [0.05, 0.1) is 0 Å². The minimum atomic E-state index is -0.0256. The Bertz CT molecular complexity index is 361. The van der Waals surface area contributed by atoms with Gasteiger partial charge in [-0.25, -0.2) is 4.98 Å². The van der Waals surface area contributed by atoms with Crippen molar-refractivity contribution < 1.29 is 4.79 Å². The van der Waals surface area contributed by atoms with Crippen LogP contribution in [0.3, 0.4) is 0 Å². The molecule has 82 valence electrons. The lowest BCUT2D eigenvalue weighted by Crippen LogP contribution is -2.10. The van der Waals surface area contributed by atoms with Gasteiger partial charge in [-0.05, 0) is 25.8 Å². The molecule has 0 aromatic carbocycles. The second-order valence-corrected chi connectivity index (χ2v) is 4.22. The lowest BCUT2D eigenvalue weighted by atomic mass is 10.2. The van der Waals surface area contributed by atoms with Crippen molar-refractivity contribution in [1.29, 1.82) is 0 Å². The summed E-state index contributed by atoms with van der Waals surface area (Å²) in [5.41, 5.74) is 0. The predicted molar refractivity (Wildman–Crippen MR) is 60.9 cm³/mol. The number of carbonyl (C=O) groups excluding carboxylic acids is 1. The fourth-order valence-corrected chi connectivity index (χ4v) is 1.27. The maximum atomic E-state index is 11.8. The van der Waals surface area contributed by atoms with Crippen molar-refractivity contribution in [1.82, 2.24) is 9.55 Å². The van der Waals surface area contributed by atoms with Crippen LogP contribution in [0, 0.1) is 5.92 Å². The summed E-state index contributed by atoms with van der Waals surface area (Å²) in [5, 5.41) is 0. The summed E-state index contributed by atoms with van der Waals surface area (Å²) in [4.78, 5) is 15.8. The summed E-state index contributed by atoms with van der Waals surface area (Å²) < 4.78 is 1.88. The SMILES string of the molecule is CC(C)/C=C/C(=O)c1nccn1C(C)C. The van der Waals surface area contributed by atoms with Crippen LogP contribution in [0.25, 0.3) is 0 Å². The van der Waals surface area contributed by atoms with Crippen LogP contribution in [0.5, 0.6) is 0 Å². The van der Waals surface area contributed by atoms with Crippen molar-refractivity contribution in [3.63, 3.8) is 0 Å². The number of nitrogens with zero attached hydrogens (tertiary/aromatic N) is 2. The molecule has 0 amide bonds. The van der Waals surface area contributed by atoms with E-state index in [1.165, 1.54) is 0 Å². The zero-order chi connectivity index (χ0) is 11.4. The van der Waals surface area contributed by atoms with Gasteiger partial charge in [0.1, 0.15) is 0 Å². The highest BCUT2D eigenvalue weighted by atomic mass is 16.1. The Hall–Kier alpha value is -1.38. The van der Waals surface area contributed by atoms with Crippen molar-refractivity contribution in [2.45, 2.75) is 33.7 Å². The van der Waals surface area contributed by atoms with Gasteiger partial charge in [0, 0.05) is 18.4 Å². The molecule has 0 bridgehead atoms. The van der Waals surface area contributed by atoms with Crippen LogP contribution in [0.15, 0.2) is 24.5 Å². The van der Waals surface area contributed by atoms with E-state index in [1.807, 2.05) is 44.5 Å². The molecule has 0 aliphatic heterocycles. The normalized spacial score (nSPS) is 11.9. The van der Waals surface area contributed by atoms with E-state index in [0.29, 0.717) is 11.7 Å². The van der Waals surface area contributed by atoms with Crippen molar-refractivity contribution >= 4 is 5.78 Å². The highest BCUT2D eigenvalue weighted by molar-refractivity contribution is 6.01. The molecule has 0 aliphatic rings. The zero-order valence-corrected chi connectivity index (χ0v) is 9.77. The lowest BCUT2D eigenvalue weighted by Gasteiger charge is -2.08. The predicted octanol–water partition coefficient (Wildman–Crippen LogP) is 2.86. The van der Waals surface area contributed by atoms with Gasteiger partial charge >= 0.3 is 0 Å². The first kappa shape index (κ1) is 11.7. The number of hydrogen-bond donors (Lipinski definition) is 0. The molecule has 0 saturated carbocycles. The first-order valence-corrected chi connectivity index (χ1v) is 5.27. The molecule has 0 atom stereocenters. The van der Waals surface area contributed by atoms with E-state index in [4.69, 9.17) is 0 Å². The second kappa shape index (κ2) is 4.91. The monoisotopic (exact) mass is 206 g/mol. The second-order valence-electron chi connectivity index (χ2n) is 4.22. The molecule has 0 aliphatic carbocycles. The number of ketones is 1. The molecule has 1 rings (SSSR count). The van der Waals surface area contributed by atoms with Gasteiger partial charge in [-0.3, -0.25) is 4.79 Å². The minimum absolute atomic E-state index is 0.0256. The Morgan fingerprint density at radius 1 is 1.40 bits per heavy atom. The molecule has 1 aromatic heterocycles. The summed E-state index contributed by atoms with van der Waals surface area (Å²) in [5.74, 6) is 0.876. The average molecular weight is 206 g/mol. The fourth-order valence-electron chi connectivity index (χ4n) is 1.27. The maximum Gasteiger partial charge on any atom is 0.220 e. The van der Waals surface area contributed by atoms with Crippen LogP contribution in [0.4, 0.5) is 0 Å². The van der Waals surface area contributed by atoms with E-state index in [2.05, 4.69) is 4.98 Å². The number of rotatable bonds is 4. The standard InChI is InChI=1S/C12H18N2O/c1-9(2)5-6-11(15)12-13-7-8-14(12)10(3)4/h5-10H,1-4H3/b6-5+. The van der Waals surface area contributed by atoms with E-state index in [-0.39, 0.29) is 11.8 Å². The van der Waals surface area contributed by atoms with Crippen molar-refractivity contribution in [2.24, 2.45) is 5.92 Å². The number of hydrogen-bond acceptors (Lipinski definition) is 2. The van der Waals surface area contributed by atoms with Crippen LogP contribution < -0.4 is 0 Å². The summed E-state index contributed by atoms with van der Waals surface area (Å²) >= 11 is 0. The quantitative estimate of drug-likeness (QED) is 0.561. The number of imidazole rings is 1. The van der Waals surface area contributed by atoms with Gasteiger partial charge in [-0.15, -0.1) is 0 Å². The third-order valence-corrected chi connectivity index (χ3v) is 2.08. The van der Waals surface area contributed by atoms with Crippen LogP contribution in [0.1, 0.15) is 44.4 Å². The first-order chi connectivity index (χ1) is 7.02. The topological polar surface area (TPSA) is 34.9 Å². The molecule has 0 saturated heterocycles. The van der Waals surface area contributed by atoms with E-state index in [9.17, 15) is 4.79 Å². The Balaban J connectivity index is 2.87. The first-order valence-electron chi connectivity index (χ1n) is 5.27. The van der Waals surface area contributed by atoms with Crippen molar-refractivity contribution in [3.05, 3.63) is 30.4 Å². The highest BCUT2D eigenvalue weighted by Crippen LogP contribution is 2.09. The fraction of sp³-hybridized carbons (Fsp3) is 0.500. The highest BCUT2D eigenvalue weighted by Gasteiger charge is 2.11. The molecule has 3 heteroatoms. The largest absolute Gasteiger partial charge is 0.326 e. The van der Waals surface area contributed by atoms with E-state index in [0.717, 1.165) is 0 Å². The van der Waals surface area contributed by atoms with Crippen molar-refractivity contribution in [3.8, 4) is 0 Å². The number of allylic oxidation sites excluding steroid dienone is 2. The number of carbonyl (C=O) groups is 1. The zero-order valence-electron chi connectivity index (χ0n) is 9.77. The molecular weight excluding hydrogens is 188 g/mol. The Morgan fingerprint density at radius 3 is 2.60 bits per heavy atom. The van der Waals surface area contributed by atoms with Gasteiger partial charge in [-0.1, -0.05) is 19.9 Å². The maximum absolute atomic E-state index is 11.8. The number of aromatic nitrogens is 2. The molecule has 0 spiro atoms. The summed E-state index contributed by atoms with van der Waals surface area (Å²) in [7, 11) is 0. The molecule has 3 nitrogen and oxygen atoms in total. The summed E-state index contributed by atoms with van der Waals surface area (Å²) in [6.07, 6.45) is 6.99. The molecule has 0 unspecified atom stereocenters. The van der Waals surface area contributed by atoms with Gasteiger partial charge in [0.25, 0.3) is 0 Å². The van der Waals surface area contributed by atoms with Crippen LogP contribution >= 0.6 is 0 Å². The van der Waals surface area contributed by atoms with E-state index < -0.39 is 0 Å². The van der Waals surface area contributed by atoms with Gasteiger partial charge in [0.2, 0.25) is 5.78 Å². The molecular formula is C12H18N2O. The molecule has 1 aromatic rings. The van der Waals surface area contributed by atoms with Gasteiger partial charge in [-0.2, -0.15) is 0 Å². The van der Waals surface area contributed by atoms with E-state index >= 15 is 0 Å². The molecule has 0 radical (unpaired) electrons. The molecule has 15 heavy (non-hydrogen) atoms. The smallest absolute Gasteiger partial charge is 0.220 e. The summed E-state index contributed by atoms with van der Waals surface area (Å²) in [6, 6.07) is 0.263. The van der Waals surface area contributed by atoms with Gasteiger partial charge < -0.3 is 4.57 Å². The van der Waals surface area contributed by atoms with Gasteiger partial charge in [0.15, 0.2) is 5.82 Å². The van der Waals surface area contributed by atoms with Crippen LogP contribution in [0.2, 0.25) is 0 Å². The lowest BCUT2D eigenvalue weighted by molar-refractivity contribution is 0.103. The van der Waals surface area contributed by atoms with Crippen molar-refractivity contribution in [2.75, 3.05) is 0 Å². The average Bonchev–Trinajstić information content (AvgIpc) is 2.62. The molecule has 0 fully saturated rings. The van der Waals surface area contributed by atoms with E-state index in [1.54, 1.807) is 12.3 Å². The molecule has 0 N–H and O–H groups in total. The molecule has 1 heterocycles. The van der Waals surface area contributed by atoms with Crippen LogP contribution in [-0.2, 0) is 0 Å². The Labute approximate surface area is 90.8 Å². The van der Waals surface area contributed by atoms with Crippen LogP contribution in [-0.4, -0.2) is 15.3 Å². The third-order valence-electron chi connectivity index (χ3n) is 2.08. The Kier molecular flexibility index (Phi) is 3.83. The summed E-state index contributed by atoms with van der Waals surface area (Å²) in [6.45, 7) is 8.15.